The van der Waals surface area contributed by atoms with Gasteiger partial charge in [-0.2, -0.15) is 0 Å². The van der Waals surface area contributed by atoms with Crippen molar-refractivity contribution in [2.24, 2.45) is 0 Å². The predicted molar refractivity (Wildman–Crippen MR) is 130 cm³/mol. The maximum absolute atomic E-state index is 13.0. The maximum atomic E-state index is 13.0. The van der Waals surface area contributed by atoms with E-state index in [4.69, 9.17) is 9.47 Å². The lowest BCUT2D eigenvalue weighted by molar-refractivity contribution is -0.126. The van der Waals surface area contributed by atoms with Crippen molar-refractivity contribution >= 4 is 11.8 Å². The molecule has 3 fully saturated rings. The Hall–Kier alpha value is -2.38. The standard InChI is InChI=1S/C27H37N3O4/c1-18-8-11-23(25(31)28-18)30-17-19-16-20(9-10-21(19)26(30)32)34-24-7-5-4-6-22(24)29-14-12-27(2,33-3)13-15-29/h9-10,16,22-24H,1,4-8,11-15,17H2,2-3H3,(H,28,31)/t22-,23?,24-/m0/s1. The molecule has 2 saturated heterocycles. The third-order valence-electron chi connectivity index (χ3n) is 8.38. The summed E-state index contributed by atoms with van der Waals surface area (Å²) in [5.74, 6) is 0.620. The highest BCUT2D eigenvalue weighted by molar-refractivity contribution is 6.01. The molecule has 1 unspecified atom stereocenters. The van der Waals surface area contributed by atoms with Gasteiger partial charge in [-0.15, -0.1) is 0 Å². The number of rotatable bonds is 5. The first-order valence-electron chi connectivity index (χ1n) is 12.8. The number of nitrogens with one attached hydrogen (secondary N) is 1. The molecule has 7 nitrogen and oxygen atoms in total. The summed E-state index contributed by atoms with van der Waals surface area (Å²) in [4.78, 5) is 29.8. The highest BCUT2D eigenvalue weighted by atomic mass is 16.5. The fourth-order valence-corrected chi connectivity index (χ4v) is 6.04. The van der Waals surface area contributed by atoms with Gasteiger partial charge in [-0.05, 0) is 75.6 Å². The van der Waals surface area contributed by atoms with Crippen LogP contribution in [0.5, 0.6) is 5.75 Å². The number of carbonyl (C=O) groups excluding carboxylic acids is 2. The predicted octanol–water partition coefficient (Wildman–Crippen LogP) is 3.63. The third kappa shape index (κ3) is 4.48. The first-order chi connectivity index (χ1) is 16.4. The van der Waals surface area contributed by atoms with Crippen LogP contribution < -0.4 is 10.1 Å². The molecule has 4 aliphatic rings. The third-order valence-corrected chi connectivity index (χ3v) is 8.38. The van der Waals surface area contributed by atoms with Gasteiger partial charge in [-0.3, -0.25) is 14.5 Å². The molecule has 0 spiro atoms. The summed E-state index contributed by atoms with van der Waals surface area (Å²) in [7, 11) is 1.82. The minimum absolute atomic E-state index is 0.0115. The van der Waals surface area contributed by atoms with Crippen LogP contribution in [0.25, 0.3) is 0 Å². The average molecular weight is 468 g/mol. The summed E-state index contributed by atoms with van der Waals surface area (Å²) in [6.07, 6.45) is 8.21. The molecule has 0 aromatic heterocycles. The number of piperidine rings is 2. The zero-order valence-electron chi connectivity index (χ0n) is 20.5. The number of fused-ring (bicyclic) bond motifs is 1. The molecule has 0 radical (unpaired) electrons. The fourth-order valence-electron chi connectivity index (χ4n) is 6.04. The molecule has 0 bridgehead atoms. The number of allylic oxidation sites excluding steroid dienone is 1. The van der Waals surface area contributed by atoms with Crippen molar-refractivity contribution in [3.63, 3.8) is 0 Å². The molecule has 3 heterocycles. The molecule has 1 saturated carbocycles. The Labute approximate surface area is 202 Å². The van der Waals surface area contributed by atoms with Crippen molar-refractivity contribution in [1.82, 2.24) is 15.1 Å². The summed E-state index contributed by atoms with van der Waals surface area (Å²) in [6.45, 7) is 8.58. The number of likely N-dealkylation sites (tertiary alicyclic amines) is 1. The zero-order valence-corrected chi connectivity index (χ0v) is 20.5. The topological polar surface area (TPSA) is 71.1 Å². The van der Waals surface area contributed by atoms with Crippen LogP contribution in [0.1, 0.15) is 74.2 Å². The average Bonchev–Trinajstić information content (AvgIpc) is 3.15. The van der Waals surface area contributed by atoms with Crippen LogP contribution in [0.4, 0.5) is 0 Å². The molecule has 3 atom stereocenters. The SMILES string of the molecule is C=C1CCC(N2Cc3cc(O[C@H]4CCCC[C@@H]4N4CCC(C)(OC)CC4)ccc3C2=O)C(=O)N1. The summed E-state index contributed by atoms with van der Waals surface area (Å²) < 4.78 is 12.3. The van der Waals surface area contributed by atoms with Gasteiger partial charge in [0.15, 0.2) is 0 Å². The minimum atomic E-state index is -0.436. The largest absolute Gasteiger partial charge is 0.489 e. The summed E-state index contributed by atoms with van der Waals surface area (Å²) in [5.41, 5.74) is 2.34. The summed E-state index contributed by atoms with van der Waals surface area (Å²) in [5, 5.41) is 2.80. The van der Waals surface area contributed by atoms with Crippen molar-refractivity contribution in [1.29, 1.82) is 0 Å². The Morgan fingerprint density at radius 1 is 1.12 bits per heavy atom. The maximum Gasteiger partial charge on any atom is 0.255 e. The highest BCUT2D eigenvalue weighted by Crippen LogP contribution is 2.35. The molecule has 34 heavy (non-hydrogen) atoms. The van der Waals surface area contributed by atoms with E-state index in [1.807, 2.05) is 25.3 Å². The second kappa shape index (κ2) is 9.34. The fraction of sp³-hybridized carbons (Fsp3) is 0.630. The van der Waals surface area contributed by atoms with Gasteiger partial charge in [-0.25, -0.2) is 0 Å². The van der Waals surface area contributed by atoms with Gasteiger partial charge in [-0.1, -0.05) is 13.0 Å². The smallest absolute Gasteiger partial charge is 0.255 e. The number of hydrogen-bond donors (Lipinski definition) is 1. The molecule has 1 N–H and O–H groups in total. The summed E-state index contributed by atoms with van der Waals surface area (Å²) in [6, 6.07) is 5.79. The van der Waals surface area contributed by atoms with Crippen molar-refractivity contribution in [3.8, 4) is 5.75 Å². The number of benzene rings is 1. The van der Waals surface area contributed by atoms with Crippen LogP contribution >= 0.6 is 0 Å². The highest BCUT2D eigenvalue weighted by Gasteiger charge is 2.39. The normalized spacial score (nSPS) is 29.6. The van der Waals surface area contributed by atoms with E-state index in [2.05, 4.69) is 23.7 Å². The van der Waals surface area contributed by atoms with E-state index in [1.165, 1.54) is 12.8 Å². The quantitative estimate of drug-likeness (QED) is 0.716. The zero-order chi connectivity index (χ0) is 23.9. The lowest BCUT2D eigenvalue weighted by atomic mass is 9.87. The molecule has 2 amide bonds. The summed E-state index contributed by atoms with van der Waals surface area (Å²) >= 11 is 0. The van der Waals surface area contributed by atoms with Gasteiger partial charge in [0.05, 0.1) is 5.60 Å². The van der Waals surface area contributed by atoms with Gasteiger partial charge in [0, 0.05) is 44.0 Å². The van der Waals surface area contributed by atoms with E-state index < -0.39 is 6.04 Å². The van der Waals surface area contributed by atoms with Gasteiger partial charge in [0.2, 0.25) is 5.91 Å². The lowest BCUT2D eigenvalue weighted by Gasteiger charge is -2.45. The molecular formula is C27H37N3O4. The van der Waals surface area contributed by atoms with E-state index in [0.29, 0.717) is 31.0 Å². The van der Waals surface area contributed by atoms with Crippen LogP contribution in [-0.4, -0.2) is 65.6 Å². The van der Waals surface area contributed by atoms with E-state index >= 15 is 0 Å². The van der Waals surface area contributed by atoms with Crippen LogP contribution in [0.15, 0.2) is 30.5 Å². The van der Waals surface area contributed by atoms with Crippen molar-refractivity contribution < 1.29 is 19.1 Å². The van der Waals surface area contributed by atoms with Crippen molar-refractivity contribution in [2.75, 3.05) is 20.2 Å². The molecule has 1 aromatic rings. The molecule has 1 aliphatic carbocycles. The second-order valence-corrected chi connectivity index (χ2v) is 10.6. The van der Waals surface area contributed by atoms with Gasteiger partial charge in [0.25, 0.3) is 5.91 Å². The Bertz CT molecular complexity index is 969. The monoisotopic (exact) mass is 467 g/mol. The van der Waals surface area contributed by atoms with Gasteiger partial charge in [0.1, 0.15) is 17.9 Å². The first kappa shape index (κ1) is 23.4. The molecule has 5 rings (SSSR count). The van der Waals surface area contributed by atoms with E-state index in [1.54, 1.807) is 4.90 Å². The second-order valence-electron chi connectivity index (χ2n) is 10.6. The van der Waals surface area contributed by atoms with E-state index in [9.17, 15) is 9.59 Å². The van der Waals surface area contributed by atoms with Crippen LogP contribution in [0.2, 0.25) is 0 Å². The molecule has 7 heteroatoms. The molecule has 1 aromatic carbocycles. The number of nitrogens with zero attached hydrogens (tertiary/aromatic N) is 2. The number of carbonyl (C=O) groups is 2. The molecule has 3 aliphatic heterocycles. The number of amides is 2. The Kier molecular flexibility index (Phi) is 6.42. The molecular weight excluding hydrogens is 430 g/mol. The van der Waals surface area contributed by atoms with Crippen LogP contribution in [0, 0.1) is 0 Å². The Balaban J connectivity index is 1.27. The van der Waals surface area contributed by atoms with E-state index in [0.717, 1.165) is 55.8 Å². The van der Waals surface area contributed by atoms with Gasteiger partial charge >= 0.3 is 0 Å². The van der Waals surface area contributed by atoms with Crippen LogP contribution in [-0.2, 0) is 16.1 Å². The van der Waals surface area contributed by atoms with Crippen molar-refractivity contribution in [2.45, 2.75) is 88.6 Å². The Morgan fingerprint density at radius 3 is 2.62 bits per heavy atom. The van der Waals surface area contributed by atoms with Gasteiger partial charge < -0.3 is 19.7 Å². The number of methoxy groups -OCH3 is 1. The first-order valence-corrected chi connectivity index (χ1v) is 12.8. The Morgan fingerprint density at radius 2 is 1.88 bits per heavy atom. The van der Waals surface area contributed by atoms with Crippen molar-refractivity contribution in [3.05, 3.63) is 41.6 Å². The number of ether oxygens (including phenoxy) is 2. The van der Waals surface area contributed by atoms with E-state index in [-0.39, 0.29) is 23.5 Å². The van der Waals surface area contributed by atoms with Crippen LogP contribution in [0.3, 0.4) is 0 Å². The molecule has 184 valence electrons. The lowest BCUT2D eigenvalue weighted by Crippen LogP contribution is -2.53. The minimum Gasteiger partial charge on any atom is -0.489 e. The number of hydrogen-bond acceptors (Lipinski definition) is 5.